The van der Waals surface area contributed by atoms with Gasteiger partial charge in [-0.1, -0.05) is 30.3 Å². The second-order valence-corrected chi connectivity index (χ2v) is 4.96. The van der Waals surface area contributed by atoms with Crippen LogP contribution in [0.5, 0.6) is 0 Å². The average molecular weight is 309 g/mol. The monoisotopic (exact) mass is 309 g/mol. The number of amides is 1. The van der Waals surface area contributed by atoms with Crippen molar-refractivity contribution in [3.63, 3.8) is 0 Å². The predicted octanol–water partition coefficient (Wildman–Crippen LogP) is 2.04. The molecular weight excluding hydrogens is 294 g/mol. The lowest BCUT2D eigenvalue weighted by atomic mass is 10.2. The second kappa shape index (κ2) is 6.74. The molecular formula is C17H15N3O3. The first-order valence-corrected chi connectivity index (χ1v) is 7.13. The third-order valence-electron chi connectivity index (χ3n) is 3.32. The van der Waals surface area contributed by atoms with Gasteiger partial charge in [-0.15, -0.1) is 0 Å². The van der Waals surface area contributed by atoms with Crippen LogP contribution in [-0.2, 0) is 16.1 Å². The summed E-state index contributed by atoms with van der Waals surface area (Å²) in [6, 6.07) is 14.5. The summed E-state index contributed by atoms with van der Waals surface area (Å²) in [4.78, 5) is 30.7. The molecule has 6 heteroatoms. The van der Waals surface area contributed by atoms with Crippen molar-refractivity contribution in [2.45, 2.75) is 6.61 Å². The fourth-order valence-electron chi connectivity index (χ4n) is 2.12. The molecule has 2 N–H and O–H groups in total. The molecule has 0 radical (unpaired) electrons. The molecule has 0 unspecified atom stereocenters. The summed E-state index contributed by atoms with van der Waals surface area (Å²) in [6.07, 6.45) is 1.56. The van der Waals surface area contributed by atoms with E-state index in [-0.39, 0.29) is 19.1 Å². The van der Waals surface area contributed by atoms with Crippen LogP contribution in [0, 0.1) is 0 Å². The van der Waals surface area contributed by atoms with E-state index in [0.717, 1.165) is 16.6 Å². The molecule has 3 rings (SSSR count). The van der Waals surface area contributed by atoms with Gasteiger partial charge in [0.05, 0.1) is 17.4 Å². The Labute approximate surface area is 132 Å². The number of carbonyl (C=O) groups is 2. The minimum atomic E-state index is -0.482. The van der Waals surface area contributed by atoms with Crippen LogP contribution in [0.3, 0.4) is 0 Å². The van der Waals surface area contributed by atoms with Gasteiger partial charge in [-0.2, -0.15) is 0 Å². The number of benzene rings is 2. The van der Waals surface area contributed by atoms with Crippen LogP contribution in [0.15, 0.2) is 54.9 Å². The Kier molecular flexibility index (Phi) is 4.33. The minimum Gasteiger partial charge on any atom is -0.460 e. The van der Waals surface area contributed by atoms with E-state index in [1.165, 1.54) is 0 Å². The van der Waals surface area contributed by atoms with Gasteiger partial charge < -0.3 is 15.0 Å². The van der Waals surface area contributed by atoms with Gasteiger partial charge in [-0.3, -0.25) is 9.59 Å². The zero-order valence-corrected chi connectivity index (χ0v) is 12.3. The number of hydrogen-bond acceptors (Lipinski definition) is 4. The van der Waals surface area contributed by atoms with Crippen LogP contribution in [-0.4, -0.2) is 28.4 Å². The van der Waals surface area contributed by atoms with Crippen molar-refractivity contribution in [1.29, 1.82) is 0 Å². The maximum Gasteiger partial charge on any atom is 0.325 e. The summed E-state index contributed by atoms with van der Waals surface area (Å²) in [7, 11) is 0. The van der Waals surface area contributed by atoms with Crippen molar-refractivity contribution in [2.75, 3.05) is 6.54 Å². The van der Waals surface area contributed by atoms with Gasteiger partial charge in [-0.25, -0.2) is 4.98 Å². The van der Waals surface area contributed by atoms with E-state index in [9.17, 15) is 9.59 Å². The number of ether oxygens (including phenoxy) is 1. The molecule has 3 aromatic rings. The van der Waals surface area contributed by atoms with E-state index < -0.39 is 5.97 Å². The first-order chi connectivity index (χ1) is 11.2. The number of fused-ring (bicyclic) bond motifs is 1. The van der Waals surface area contributed by atoms with E-state index in [0.29, 0.717) is 5.56 Å². The quantitative estimate of drug-likeness (QED) is 0.706. The van der Waals surface area contributed by atoms with Crippen LogP contribution in [0.1, 0.15) is 15.9 Å². The fraction of sp³-hybridized carbons (Fsp3) is 0.118. The Bertz CT molecular complexity index is 827. The number of hydrogen-bond donors (Lipinski definition) is 2. The minimum absolute atomic E-state index is 0.174. The molecule has 0 aliphatic rings. The molecule has 1 aromatic heterocycles. The van der Waals surface area contributed by atoms with E-state index in [1.807, 2.05) is 30.3 Å². The number of nitrogens with one attached hydrogen (secondary N) is 2. The average Bonchev–Trinajstić information content (AvgIpc) is 3.06. The highest BCUT2D eigenvalue weighted by Crippen LogP contribution is 2.11. The second-order valence-electron chi connectivity index (χ2n) is 4.96. The number of aromatic amines is 1. The highest BCUT2D eigenvalue weighted by atomic mass is 16.5. The molecule has 0 bridgehead atoms. The number of aromatic nitrogens is 2. The first-order valence-electron chi connectivity index (χ1n) is 7.13. The van der Waals surface area contributed by atoms with Crippen LogP contribution in [0.25, 0.3) is 11.0 Å². The zero-order valence-electron chi connectivity index (χ0n) is 12.3. The predicted molar refractivity (Wildman–Crippen MR) is 84.7 cm³/mol. The Morgan fingerprint density at radius 3 is 2.78 bits per heavy atom. The maximum absolute atomic E-state index is 12.0. The molecule has 1 amide bonds. The van der Waals surface area contributed by atoms with Gasteiger partial charge in [0.25, 0.3) is 5.91 Å². The molecule has 0 atom stereocenters. The molecule has 0 saturated heterocycles. The molecule has 0 saturated carbocycles. The van der Waals surface area contributed by atoms with Gasteiger partial charge in [0.1, 0.15) is 13.2 Å². The third-order valence-corrected chi connectivity index (χ3v) is 3.32. The summed E-state index contributed by atoms with van der Waals surface area (Å²) in [5.74, 6) is -0.817. The smallest absolute Gasteiger partial charge is 0.325 e. The lowest BCUT2D eigenvalue weighted by molar-refractivity contribution is -0.143. The molecule has 0 aliphatic heterocycles. The molecule has 116 valence electrons. The summed E-state index contributed by atoms with van der Waals surface area (Å²) in [6.45, 7) is 0.0162. The zero-order chi connectivity index (χ0) is 16.1. The third kappa shape index (κ3) is 3.74. The first kappa shape index (κ1) is 14.8. The topological polar surface area (TPSA) is 84.1 Å². The molecule has 1 heterocycles. The Balaban J connectivity index is 1.51. The van der Waals surface area contributed by atoms with Gasteiger partial charge in [0.2, 0.25) is 0 Å². The molecule has 0 fully saturated rings. The van der Waals surface area contributed by atoms with E-state index in [2.05, 4.69) is 15.3 Å². The standard InChI is InChI=1S/C17H15N3O3/c21-16(23-10-12-4-2-1-3-5-12)9-18-17(22)13-6-7-14-15(8-13)20-11-19-14/h1-8,11H,9-10H2,(H,18,22)(H,19,20). The highest BCUT2D eigenvalue weighted by Gasteiger charge is 2.10. The normalized spacial score (nSPS) is 10.4. The van der Waals surface area contributed by atoms with Crippen molar-refractivity contribution in [3.8, 4) is 0 Å². The van der Waals surface area contributed by atoms with Gasteiger partial charge in [0, 0.05) is 5.56 Å². The Hall–Kier alpha value is -3.15. The lowest BCUT2D eigenvalue weighted by Gasteiger charge is -2.07. The number of H-pyrrole nitrogens is 1. The highest BCUT2D eigenvalue weighted by molar-refractivity contribution is 5.98. The summed E-state index contributed by atoms with van der Waals surface area (Å²) in [5, 5.41) is 2.54. The van der Waals surface area contributed by atoms with Crippen LogP contribution < -0.4 is 5.32 Å². The van der Waals surface area contributed by atoms with Crippen molar-refractivity contribution in [2.24, 2.45) is 0 Å². The maximum atomic E-state index is 12.0. The van der Waals surface area contributed by atoms with Gasteiger partial charge in [-0.05, 0) is 23.8 Å². The SMILES string of the molecule is O=C(CNC(=O)c1ccc2nc[nH]c2c1)OCc1ccccc1. The summed E-state index contributed by atoms with van der Waals surface area (Å²) in [5.41, 5.74) is 2.91. The van der Waals surface area contributed by atoms with Crippen LogP contribution >= 0.6 is 0 Å². The van der Waals surface area contributed by atoms with Gasteiger partial charge in [0.15, 0.2) is 0 Å². The van der Waals surface area contributed by atoms with Crippen LogP contribution in [0.2, 0.25) is 0 Å². The van der Waals surface area contributed by atoms with Crippen LogP contribution in [0.4, 0.5) is 0 Å². The number of rotatable bonds is 5. The van der Waals surface area contributed by atoms with Crippen molar-refractivity contribution >= 4 is 22.9 Å². The van der Waals surface area contributed by atoms with E-state index >= 15 is 0 Å². The molecule has 0 spiro atoms. The Morgan fingerprint density at radius 1 is 1.13 bits per heavy atom. The fourth-order valence-corrected chi connectivity index (χ4v) is 2.12. The Morgan fingerprint density at radius 2 is 1.96 bits per heavy atom. The summed E-state index contributed by atoms with van der Waals surface area (Å²) < 4.78 is 5.10. The van der Waals surface area contributed by atoms with Crippen molar-refractivity contribution in [1.82, 2.24) is 15.3 Å². The van der Waals surface area contributed by atoms with Crippen molar-refractivity contribution in [3.05, 3.63) is 66.0 Å². The summed E-state index contributed by atoms with van der Waals surface area (Å²) >= 11 is 0. The molecule has 0 aliphatic carbocycles. The molecule has 2 aromatic carbocycles. The van der Waals surface area contributed by atoms with E-state index in [4.69, 9.17) is 4.74 Å². The number of carbonyl (C=O) groups excluding carboxylic acids is 2. The molecule has 23 heavy (non-hydrogen) atoms. The molecule has 6 nitrogen and oxygen atoms in total. The largest absolute Gasteiger partial charge is 0.460 e. The number of esters is 1. The number of nitrogens with zero attached hydrogens (tertiary/aromatic N) is 1. The van der Waals surface area contributed by atoms with Gasteiger partial charge >= 0.3 is 5.97 Å². The number of imidazole rings is 1. The van der Waals surface area contributed by atoms with Crippen molar-refractivity contribution < 1.29 is 14.3 Å². The lowest BCUT2D eigenvalue weighted by Crippen LogP contribution is -2.30. The van der Waals surface area contributed by atoms with E-state index in [1.54, 1.807) is 24.5 Å².